The van der Waals surface area contributed by atoms with Crippen LogP contribution in [0, 0.1) is 0 Å². The average Bonchev–Trinajstić information content (AvgIpc) is 1.52. The molecule has 140 heavy (non-hydrogen) atoms. The number of aromatic nitrogens is 11. The molecule has 12 heteroatoms. The number of rotatable bonds is 12. The van der Waals surface area contributed by atoms with Crippen molar-refractivity contribution in [3.63, 3.8) is 0 Å². The van der Waals surface area contributed by atoms with Crippen LogP contribution in [0.3, 0.4) is 0 Å². The SMILES string of the molecule is c1ccc(-c2cc(-c3ccccc3)nc(-c3cc(-n4c5ccccc5c5ccccc54)cc(-n4c5ccccc5c5cc(-c6cc7c(-c8ccccc8)nc(-n8c9ccccc9c9c%10cc(-c%11cccc(-c%12nc(-n%13c%14ccccc%14c%14c%15c%16ccccc%16n(-c%16ccccc%16)c%15c%15ccccc%15c%14%13)nc%13ccccc%12%13)c%11)ccc%10c%10c%11ccccc%11sc%10c98)nc7c7ccccc67)ccc54)c3)n2)cc1. The van der Waals surface area contributed by atoms with E-state index in [-0.39, 0.29) is 0 Å². The molecule has 0 radical (unpaired) electrons. The highest BCUT2D eigenvalue weighted by molar-refractivity contribution is 7.27. The molecule has 0 amide bonds. The van der Waals surface area contributed by atoms with Crippen molar-refractivity contribution in [1.82, 2.24) is 52.7 Å². The lowest BCUT2D eigenvalue weighted by Crippen LogP contribution is -2.04. The van der Waals surface area contributed by atoms with Gasteiger partial charge in [-0.15, -0.1) is 11.3 Å². The third-order valence-electron chi connectivity index (χ3n) is 29.0. The van der Waals surface area contributed by atoms with E-state index in [9.17, 15) is 0 Å². The molecule has 11 nitrogen and oxygen atoms in total. The fourth-order valence-electron chi connectivity index (χ4n) is 23.0. The zero-order valence-electron chi connectivity index (χ0n) is 75.1. The van der Waals surface area contributed by atoms with Crippen molar-refractivity contribution in [2.24, 2.45) is 0 Å². The highest BCUT2D eigenvalue weighted by Gasteiger charge is 2.31. The number of hydrogen-bond donors (Lipinski definition) is 0. The molecule has 9 heterocycles. The van der Waals surface area contributed by atoms with Gasteiger partial charge in [-0.25, -0.2) is 29.9 Å². The molecule has 0 fully saturated rings. The van der Waals surface area contributed by atoms with Crippen LogP contribution in [-0.2, 0) is 0 Å². The van der Waals surface area contributed by atoms with Gasteiger partial charge in [0.05, 0.1) is 93.7 Å². The topological polar surface area (TPSA) is 102 Å². The van der Waals surface area contributed by atoms with E-state index in [2.05, 4.69) is 478 Å². The monoisotopic (exact) mass is 1800 g/mol. The molecular weight excluding hydrogens is 1720 g/mol. The molecule has 0 unspecified atom stereocenters. The highest BCUT2D eigenvalue weighted by atomic mass is 32.1. The third kappa shape index (κ3) is 11.6. The van der Waals surface area contributed by atoms with Gasteiger partial charge in [0.1, 0.15) is 0 Å². The van der Waals surface area contributed by atoms with Gasteiger partial charge in [-0.1, -0.05) is 340 Å². The number of para-hydroxylation sites is 8. The molecule has 30 rings (SSSR count). The molecule has 9 aromatic heterocycles. The summed E-state index contributed by atoms with van der Waals surface area (Å²) in [5, 5.41) is 22.5. The molecule has 0 bridgehead atoms. The van der Waals surface area contributed by atoms with Gasteiger partial charge in [-0.2, -0.15) is 0 Å². The molecule has 0 aliphatic heterocycles. The summed E-state index contributed by atoms with van der Waals surface area (Å²) in [6, 6.07) is 165. The van der Waals surface area contributed by atoms with E-state index in [4.69, 9.17) is 29.9 Å². The first-order chi connectivity index (χ1) is 69.5. The van der Waals surface area contributed by atoms with Crippen molar-refractivity contribution in [3.05, 3.63) is 455 Å². The minimum atomic E-state index is 0.587. The van der Waals surface area contributed by atoms with Crippen molar-refractivity contribution in [2.45, 2.75) is 0 Å². The van der Waals surface area contributed by atoms with Crippen LogP contribution in [0.2, 0.25) is 0 Å². The zero-order chi connectivity index (χ0) is 91.5. The van der Waals surface area contributed by atoms with Gasteiger partial charge in [0.25, 0.3) is 0 Å². The number of hydrogen-bond acceptors (Lipinski definition) is 7. The number of thiophene rings is 1. The summed E-state index contributed by atoms with van der Waals surface area (Å²) in [7, 11) is 0. The predicted octanol–water partition coefficient (Wildman–Crippen LogP) is 33.3. The standard InChI is InChI=1S/C128H75N11S/c1-5-34-76(35-6-1)105-75-106(77-36-7-2-8-37-77)130-126(129-105)83-69-85(135-107-57-26-18-45-88(107)89-46-19-27-58-108(89)135)73-86(70-83)136-109-59-28-20-47-90(109)101-72-81(65-67-113(101)136)100-74-103-119(78-38-9-3-10-39-78)132-128(134-121(103)92-48-14-13-44-87(92)100)139-111-61-30-21-52-96(111)115-102-71-80(64-66-91(102)116-99-55-24-32-63-114(99)140-125(116)124(115)139)79-40-33-41-82(68-79)120-95-51-17-25-56-104(95)131-127(133-120)138-112-62-31-23-54-98(112)118-117-97-53-22-29-60-110(97)137(84-42-11-4-12-43-84)122(117)93-49-15-16-50-94(93)123(118)138/h1-75H. The first-order valence-electron chi connectivity index (χ1n) is 47.5. The van der Waals surface area contributed by atoms with Crippen LogP contribution in [-0.4, -0.2) is 52.7 Å². The zero-order valence-corrected chi connectivity index (χ0v) is 75.9. The van der Waals surface area contributed by atoms with Crippen molar-refractivity contribution in [2.75, 3.05) is 0 Å². The van der Waals surface area contributed by atoms with E-state index < -0.39 is 0 Å². The fraction of sp³-hybridized carbons (Fsp3) is 0. The molecule has 0 spiro atoms. The molecule has 0 N–H and O–H groups in total. The van der Waals surface area contributed by atoms with E-state index in [0.29, 0.717) is 17.7 Å². The number of nitrogens with zero attached hydrogens (tertiary/aromatic N) is 11. The molecule has 30 aromatic rings. The maximum atomic E-state index is 6.02. The Morgan fingerprint density at radius 2 is 0.614 bits per heavy atom. The van der Waals surface area contributed by atoms with Crippen LogP contribution in [0.25, 0.3) is 291 Å². The Bertz CT molecular complexity index is 10400. The van der Waals surface area contributed by atoms with Gasteiger partial charge in [0.15, 0.2) is 5.82 Å². The predicted molar refractivity (Wildman–Crippen MR) is 583 cm³/mol. The summed E-state index contributed by atoms with van der Waals surface area (Å²) in [6.45, 7) is 0. The van der Waals surface area contributed by atoms with Gasteiger partial charge in [-0.3, -0.25) is 9.13 Å². The molecule has 0 atom stereocenters. The summed E-state index contributed by atoms with van der Waals surface area (Å²) < 4.78 is 14.4. The quantitative estimate of drug-likeness (QED) is 0.113. The summed E-state index contributed by atoms with van der Waals surface area (Å²) in [6.07, 6.45) is 0. The Balaban J connectivity index is 0.591. The van der Waals surface area contributed by atoms with Gasteiger partial charge in [0.2, 0.25) is 11.9 Å². The Morgan fingerprint density at radius 3 is 1.23 bits per heavy atom. The molecule has 21 aromatic carbocycles. The molecule has 648 valence electrons. The average molecular weight is 1800 g/mol. The van der Waals surface area contributed by atoms with Gasteiger partial charge in [-0.05, 0) is 154 Å². The normalized spacial score (nSPS) is 12.1. The van der Waals surface area contributed by atoms with Crippen LogP contribution < -0.4 is 0 Å². The van der Waals surface area contributed by atoms with Crippen molar-refractivity contribution in [3.8, 4) is 108 Å². The molecule has 0 aliphatic carbocycles. The molecule has 0 aliphatic rings. The van der Waals surface area contributed by atoms with E-state index in [1.165, 1.54) is 58.0 Å². The second kappa shape index (κ2) is 30.4. The second-order valence-corrected chi connectivity index (χ2v) is 37.7. The second-order valence-electron chi connectivity index (χ2n) is 36.6. The summed E-state index contributed by atoms with van der Waals surface area (Å²) in [5.74, 6) is 1.81. The molecule has 0 saturated heterocycles. The first-order valence-corrected chi connectivity index (χ1v) is 48.4. The van der Waals surface area contributed by atoms with E-state index in [1.54, 1.807) is 0 Å². The Hall–Kier alpha value is -18.6. The maximum Gasteiger partial charge on any atom is 0.235 e. The highest BCUT2D eigenvalue weighted by Crippen LogP contribution is 2.53. The van der Waals surface area contributed by atoms with E-state index in [0.717, 1.165) is 215 Å². The Kier molecular flexibility index (Phi) is 16.9. The Labute approximate surface area is 804 Å². The van der Waals surface area contributed by atoms with Gasteiger partial charge in [0, 0.05) is 141 Å². The lowest BCUT2D eigenvalue weighted by molar-refractivity contribution is 1.02. The molecular formula is C128H75N11S. The lowest BCUT2D eigenvalue weighted by Gasteiger charge is -2.17. The van der Waals surface area contributed by atoms with Crippen LogP contribution in [0.15, 0.2) is 455 Å². The van der Waals surface area contributed by atoms with Crippen molar-refractivity contribution < 1.29 is 0 Å². The van der Waals surface area contributed by atoms with Crippen molar-refractivity contribution >= 4 is 195 Å². The van der Waals surface area contributed by atoms with E-state index in [1.807, 2.05) is 11.3 Å². The van der Waals surface area contributed by atoms with Crippen LogP contribution in [0.5, 0.6) is 0 Å². The van der Waals surface area contributed by atoms with Crippen LogP contribution in [0.1, 0.15) is 0 Å². The minimum Gasteiger partial charge on any atom is -0.309 e. The Morgan fingerprint density at radius 1 is 0.186 bits per heavy atom. The van der Waals surface area contributed by atoms with Gasteiger partial charge >= 0.3 is 0 Å². The number of benzene rings is 21. The van der Waals surface area contributed by atoms with Crippen molar-refractivity contribution in [1.29, 1.82) is 0 Å². The van der Waals surface area contributed by atoms with Gasteiger partial charge < -0.3 is 13.7 Å². The largest absolute Gasteiger partial charge is 0.309 e. The summed E-state index contributed by atoms with van der Waals surface area (Å²) in [5.41, 5.74) is 28.2. The summed E-state index contributed by atoms with van der Waals surface area (Å²) >= 11 is 1.84. The maximum absolute atomic E-state index is 6.02. The number of fused-ring (bicyclic) bond motifs is 30. The third-order valence-corrected chi connectivity index (χ3v) is 30.2. The minimum absolute atomic E-state index is 0.587. The molecule has 0 saturated carbocycles. The smallest absolute Gasteiger partial charge is 0.235 e. The lowest BCUT2D eigenvalue weighted by atomic mass is 9.93. The van der Waals surface area contributed by atoms with Crippen LogP contribution >= 0.6 is 11.3 Å². The van der Waals surface area contributed by atoms with E-state index >= 15 is 0 Å². The summed E-state index contributed by atoms with van der Waals surface area (Å²) in [4.78, 5) is 34.5. The first kappa shape index (κ1) is 77.8. The van der Waals surface area contributed by atoms with Crippen LogP contribution in [0.4, 0.5) is 0 Å². The fourth-order valence-corrected chi connectivity index (χ4v) is 24.3.